The highest BCUT2D eigenvalue weighted by Crippen LogP contribution is 2.13. The highest BCUT2D eigenvalue weighted by Gasteiger charge is 2.10. The Morgan fingerprint density at radius 3 is 2.52 bits per heavy atom. The molecule has 0 atom stereocenters. The number of aromatic nitrogens is 2. The topological polar surface area (TPSA) is 44.1 Å². The maximum Gasteiger partial charge on any atom is 0.338 e. The van der Waals surface area contributed by atoms with E-state index in [1.807, 2.05) is 13.0 Å². The molecular formula is C18H15FN2O2. The molecule has 23 heavy (non-hydrogen) atoms. The number of hydrogen-bond donors (Lipinski definition) is 0. The minimum absolute atomic E-state index is 0.0917. The van der Waals surface area contributed by atoms with E-state index in [1.165, 1.54) is 6.07 Å². The van der Waals surface area contributed by atoms with Gasteiger partial charge in [0, 0.05) is 17.5 Å². The fraction of sp³-hybridized carbons (Fsp3) is 0.111. The van der Waals surface area contributed by atoms with Gasteiger partial charge in [0.05, 0.1) is 11.3 Å². The number of benzene rings is 2. The van der Waals surface area contributed by atoms with Gasteiger partial charge in [-0.15, -0.1) is 0 Å². The van der Waals surface area contributed by atoms with Crippen molar-refractivity contribution in [3.8, 4) is 5.69 Å². The summed E-state index contributed by atoms with van der Waals surface area (Å²) in [4.78, 5) is 12.0. The molecule has 0 aliphatic rings. The van der Waals surface area contributed by atoms with Crippen molar-refractivity contribution in [1.82, 2.24) is 9.78 Å². The Kier molecular flexibility index (Phi) is 4.19. The van der Waals surface area contributed by atoms with E-state index in [2.05, 4.69) is 5.10 Å². The number of nitrogens with zero attached hydrogens (tertiary/aromatic N) is 2. The first-order chi connectivity index (χ1) is 11.1. The molecule has 0 N–H and O–H groups in total. The molecule has 0 amide bonds. The van der Waals surface area contributed by atoms with E-state index < -0.39 is 5.97 Å². The lowest BCUT2D eigenvalue weighted by molar-refractivity contribution is 0.0469. The monoisotopic (exact) mass is 310 g/mol. The van der Waals surface area contributed by atoms with Gasteiger partial charge in [-0.1, -0.05) is 18.2 Å². The molecule has 0 saturated carbocycles. The Bertz CT molecular complexity index is 825. The lowest BCUT2D eigenvalue weighted by atomic mass is 10.2. The molecule has 2 aromatic carbocycles. The Hall–Kier alpha value is -2.95. The molecule has 1 aromatic heterocycles. The minimum Gasteiger partial charge on any atom is -0.457 e. The van der Waals surface area contributed by atoms with E-state index in [1.54, 1.807) is 53.3 Å². The summed E-state index contributed by atoms with van der Waals surface area (Å²) in [6.07, 6.45) is 1.71. The van der Waals surface area contributed by atoms with Crippen LogP contribution in [0.3, 0.4) is 0 Å². The van der Waals surface area contributed by atoms with Crippen molar-refractivity contribution in [2.75, 3.05) is 0 Å². The molecule has 0 spiro atoms. The van der Waals surface area contributed by atoms with Crippen LogP contribution in [0.2, 0.25) is 0 Å². The number of carbonyl (C=O) groups excluding carboxylic acids is 1. The number of aryl methyl sites for hydroxylation is 1. The molecule has 1 heterocycles. The number of esters is 1. The molecule has 0 fully saturated rings. The predicted octanol–water partition coefficient (Wildman–Crippen LogP) is 3.68. The van der Waals surface area contributed by atoms with Crippen LogP contribution in [0.5, 0.6) is 0 Å². The van der Waals surface area contributed by atoms with E-state index in [9.17, 15) is 9.18 Å². The summed E-state index contributed by atoms with van der Waals surface area (Å²) in [5.41, 5.74) is 2.62. The van der Waals surface area contributed by atoms with Crippen LogP contribution in [0.15, 0.2) is 60.8 Å². The van der Waals surface area contributed by atoms with E-state index >= 15 is 0 Å². The third-order valence-corrected chi connectivity index (χ3v) is 3.50. The smallest absolute Gasteiger partial charge is 0.338 e. The number of rotatable bonds is 4. The fourth-order valence-electron chi connectivity index (χ4n) is 2.22. The molecule has 3 rings (SSSR count). The first-order valence-corrected chi connectivity index (χ1v) is 7.17. The van der Waals surface area contributed by atoms with Crippen LogP contribution >= 0.6 is 0 Å². The van der Waals surface area contributed by atoms with Gasteiger partial charge in [-0.2, -0.15) is 5.10 Å². The third kappa shape index (κ3) is 3.29. The van der Waals surface area contributed by atoms with Crippen LogP contribution in [0, 0.1) is 12.7 Å². The molecule has 0 unspecified atom stereocenters. The first kappa shape index (κ1) is 15.0. The Balaban J connectivity index is 1.69. The number of halogens is 1. The highest BCUT2D eigenvalue weighted by molar-refractivity contribution is 5.89. The summed E-state index contributed by atoms with van der Waals surface area (Å²) < 4.78 is 20.4. The van der Waals surface area contributed by atoms with Gasteiger partial charge in [0.1, 0.15) is 12.4 Å². The van der Waals surface area contributed by atoms with Gasteiger partial charge in [-0.25, -0.2) is 13.9 Å². The predicted molar refractivity (Wildman–Crippen MR) is 83.8 cm³/mol. The van der Waals surface area contributed by atoms with Gasteiger partial charge in [0.2, 0.25) is 0 Å². The van der Waals surface area contributed by atoms with Crippen molar-refractivity contribution in [3.05, 3.63) is 83.4 Å². The third-order valence-electron chi connectivity index (χ3n) is 3.50. The van der Waals surface area contributed by atoms with Gasteiger partial charge in [-0.3, -0.25) is 0 Å². The average Bonchev–Trinajstić information content (AvgIpc) is 3.00. The molecule has 3 aromatic rings. The highest BCUT2D eigenvalue weighted by atomic mass is 19.1. The van der Waals surface area contributed by atoms with E-state index in [0.717, 1.165) is 11.4 Å². The number of ether oxygens (including phenoxy) is 1. The number of carbonyl (C=O) groups is 1. The molecule has 5 heteroatoms. The quantitative estimate of drug-likeness (QED) is 0.691. The lowest BCUT2D eigenvalue weighted by Crippen LogP contribution is -2.07. The molecule has 116 valence electrons. The van der Waals surface area contributed by atoms with Crippen molar-refractivity contribution >= 4 is 5.97 Å². The summed E-state index contributed by atoms with van der Waals surface area (Å²) in [6.45, 7) is 1.86. The van der Waals surface area contributed by atoms with Gasteiger partial charge in [0.15, 0.2) is 0 Å². The van der Waals surface area contributed by atoms with E-state index in [4.69, 9.17) is 4.74 Å². The van der Waals surface area contributed by atoms with Crippen molar-refractivity contribution in [1.29, 1.82) is 0 Å². The van der Waals surface area contributed by atoms with Gasteiger partial charge >= 0.3 is 5.97 Å². The first-order valence-electron chi connectivity index (χ1n) is 7.17. The molecule has 0 radical (unpaired) electrons. The van der Waals surface area contributed by atoms with Crippen LogP contribution in [-0.4, -0.2) is 15.7 Å². The molecule has 0 aliphatic carbocycles. The second-order valence-electron chi connectivity index (χ2n) is 5.10. The molecular weight excluding hydrogens is 295 g/mol. The normalized spacial score (nSPS) is 10.5. The van der Waals surface area contributed by atoms with E-state index in [0.29, 0.717) is 11.1 Å². The van der Waals surface area contributed by atoms with Crippen LogP contribution in [0.25, 0.3) is 5.69 Å². The standard InChI is InChI=1S/C18H15FN2O2/c1-13-10-11-20-21(13)16-8-6-14(7-9-16)18(22)23-12-15-4-2-3-5-17(15)19/h2-11H,12H2,1H3. The van der Waals surface area contributed by atoms with Crippen molar-refractivity contribution in [2.24, 2.45) is 0 Å². The molecule has 0 aliphatic heterocycles. The summed E-state index contributed by atoms with van der Waals surface area (Å²) in [5.74, 6) is -0.873. The van der Waals surface area contributed by atoms with Crippen LogP contribution in [-0.2, 0) is 11.3 Å². The second-order valence-corrected chi connectivity index (χ2v) is 5.10. The molecule has 0 bridgehead atoms. The maximum absolute atomic E-state index is 13.5. The van der Waals surface area contributed by atoms with Crippen LogP contribution in [0.4, 0.5) is 4.39 Å². The van der Waals surface area contributed by atoms with Crippen molar-refractivity contribution < 1.29 is 13.9 Å². The lowest BCUT2D eigenvalue weighted by Gasteiger charge is -2.07. The Labute approximate surface area is 133 Å². The van der Waals surface area contributed by atoms with Crippen molar-refractivity contribution in [2.45, 2.75) is 13.5 Å². The Morgan fingerprint density at radius 2 is 1.87 bits per heavy atom. The second kappa shape index (κ2) is 6.44. The zero-order valence-electron chi connectivity index (χ0n) is 12.6. The summed E-state index contributed by atoms with van der Waals surface area (Å²) in [5, 5.41) is 4.21. The zero-order chi connectivity index (χ0) is 16.2. The van der Waals surface area contributed by atoms with Crippen LogP contribution < -0.4 is 0 Å². The molecule has 0 saturated heterocycles. The van der Waals surface area contributed by atoms with Gasteiger partial charge < -0.3 is 4.74 Å². The van der Waals surface area contributed by atoms with Gasteiger partial charge in [-0.05, 0) is 43.3 Å². The maximum atomic E-state index is 13.5. The van der Waals surface area contributed by atoms with Crippen molar-refractivity contribution in [3.63, 3.8) is 0 Å². The summed E-state index contributed by atoms with van der Waals surface area (Å²) >= 11 is 0. The summed E-state index contributed by atoms with van der Waals surface area (Å²) in [7, 11) is 0. The average molecular weight is 310 g/mol. The largest absolute Gasteiger partial charge is 0.457 e. The number of hydrogen-bond acceptors (Lipinski definition) is 3. The SMILES string of the molecule is Cc1ccnn1-c1ccc(C(=O)OCc2ccccc2F)cc1. The Morgan fingerprint density at radius 1 is 1.13 bits per heavy atom. The molecule has 4 nitrogen and oxygen atoms in total. The van der Waals surface area contributed by atoms with Crippen LogP contribution in [0.1, 0.15) is 21.6 Å². The fourth-order valence-corrected chi connectivity index (χ4v) is 2.22. The van der Waals surface area contributed by atoms with Gasteiger partial charge in [0.25, 0.3) is 0 Å². The zero-order valence-corrected chi connectivity index (χ0v) is 12.6. The minimum atomic E-state index is -0.489. The summed E-state index contributed by atoms with van der Waals surface area (Å²) in [6, 6.07) is 15.0. The van der Waals surface area contributed by atoms with E-state index in [-0.39, 0.29) is 12.4 Å².